The van der Waals surface area contributed by atoms with Gasteiger partial charge in [-0.15, -0.1) is 0 Å². The second-order valence-electron chi connectivity index (χ2n) is 9.28. The number of H-pyrrole nitrogens is 2. The Hall–Kier alpha value is -4.41. The quantitative estimate of drug-likeness (QED) is 0.271. The van der Waals surface area contributed by atoms with Crippen molar-refractivity contribution in [1.82, 2.24) is 29.9 Å². The molecule has 0 amide bonds. The minimum atomic E-state index is -3.41. The number of aromatic amines is 2. The van der Waals surface area contributed by atoms with E-state index in [9.17, 15) is 12.8 Å². The number of fused-ring (bicyclic) bond motifs is 2. The van der Waals surface area contributed by atoms with E-state index in [1.54, 1.807) is 18.5 Å². The fourth-order valence-corrected chi connectivity index (χ4v) is 5.11. The van der Waals surface area contributed by atoms with Gasteiger partial charge in [0.25, 0.3) is 0 Å². The molecule has 4 heterocycles. The van der Waals surface area contributed by atoms with Crippen LogP contribution < -0.4 is 4.72 Å². The highest BCUT2D eigenvalue weighted by molar-refractivity contribution is 7.88. The number of hydrogen-bond donors (Lipinski definition) is 3. The summed E-state index contributed by atoms with van der Waals surface area (Å²) in [6.07, 6.45) is 6.46. The van der Waals surface area contributed by atoms with Crippen LogP contribution >= 0.6 is 0 Å². The molecule has 0 fully saturated rings. The Labute approximate surface area is 218 Å². The fourth-order valence-electron chi connectivity index (χ4n) is 4.68. The van der Waals surface area contributed by atoms with Crippen LogP contribution in [0.15, 0.2) is 73.2 Å². The van der Waals surface area contributed by atoms with Crippen molar-refractivity contribution in [2.75, 3.05) is 6.26 Å². The Kier molecular flexibility index (Phi) is 5.77. The van der Waals surface area contributed by atoms with E-state index in [0.717, 1.165) is 56.2 Å². The molecule has 3 N–H and O–H groups in total. The van der Waals surface area contributed by atoms with Crippen LogP contribution in [0, 0.1) is 12.7 Å². The van der Waals surface area contributed by atoms with Crippen LogP contribution in [-0.4, -0.2) is 39.8 Å². The second-order valence-corrected chi connectivity index (χ2v) is 11.1. The monoisotopic (exact) mass is 526 g/mol. The molecule has 0 aliphatic heterocycles. The number of nitrogens with zero attached hydrogens (tertiary/aromatic N) is 3. The molecule has 0 unspecified atom stereocenters. The number of pyridine rings is 2. The minimum absolute atomic E-state index is 0.00380. The summed E-state index contributed by atoms with van der Waals surface area (Å²) < 4.78 is 40.0. The molecule has 2 aromatic carbocycles. The maximum Gasteiger partial charge on any atom is 0.209 e. The lowest BCUT2D eigenvalue weighted by Gasteiger charge is -2.08. The summed E-state index contributed by atoms with van der Waals surface area (Å²) in [7, 11) is -3.41. The van der Waals surface area contributed by atoms with E-state index in [-0.39, 0.29) is 6.54 Å². The molecular formula is C28H23FN6O2S. The van der Waals surface area contributed by atoms with Crippen molar-refractivity contribution in [2.45, 2.75) is 13.5 Å². The number of halogens is 1. The smallest absolute Gasteiger partial charge is 0.209 e. The Bertz CT molecular complexity index is 1940. The number of benzene rings is 2. The van der Waals surface area contributed by atoms with Crippen molar-refractivity contribution in [1.29, 1.82) is 0 Å². The molecule has 0 spiro atoms. The predicted molar refractivity (Wildman–Crippen MR) is 146 cm³/mol. The van der Waals surface area contributed by atoms with Crippen LogP contribution in [0.2, 0.25) is 0 Å². The Balaban J connectivity index is 1.44. The van der Waals surface area contributed by atoms with Crippen LogP contribution in [0.4, 0.5) is 4.39 Å². The third-order valence-corrected chi connectivity index (χ3v) is 7.17. The van der Waals surface area contributed by atoms with Crippen molar-refractivity contribution in [2.24, 2.45) is 0 Å². The zero-order chi connectivity index (χ0) is 26.4. The first-order valence-electron chi connectivity index (χ1n) is 11.9. The lowest BCUT2D eigenvalue weighted by molar-refractivity contribution is 0.586. The number of nitrogens with one attached hydrogen (secondary N) is 3. The van der Waals surface area contributed by atoms with Crippen LogP contribution in [0.5, 0.6) is 0 Å². The SMILES string of the molecule is Cc1ccncc1-c1cnc2n[nH]c(-c3cc4c(-c5cc(F)cc(CNS(C)(=O)=O)c5)cccc4[nH]3)c2c1. The first-order chi connectivity index (χ1) is 18.2. The van der Waals surface area contributed by atoms with Crippen molar-refractivity contribution >= 4 is 32.0 Å². The third-order valence-electron chi connectivity index (χ3n) is 6.50. The van der Waals surface area contributed by atoms with Crippen molar-refractivity contribution in [3.05, 3.63) is 90.1 Å². The topological polar surface area (TPSA) is 116 Å². The van der Waals surface area contributed by atoms with E-state index in [4.69, 9.17) is 0 Å². The predicted octanol–water partition coefficient (Wildman–Crippen LogP) is 5.33. The van der Waals surface area contributed by atoms with Gasteiger partial charge in [0.05, 0.1) is 17.6 Å². The van der Waals surface area contributed by atoms with Gasteiger partial charge in [-0.05, 0) is 71.6 Å². The average molecular weight is 527 g/mol. The van der Waals surface area contributed by atoms with E-state index in [2.05, 4.69) is 29.9 Å². The highest BCUT2D eigenvalue weighted by Crippen LogP contribution is 2.35. The van der Waals surface area contributed by atoms with Crippen LogP contribution in [-0.2, 0) is 16.6 Å². The average Bonchev–Trinajstić information content (AvgIpc) is 3.50. The molecule has 0 aliphatic carbocycles. The van der Waals surface area contributed by atoms with Crippen LogP contribution in [0.1, 0.15) is 11.1 Å². The summed E-state index contributed by atoms with van der Waals surface area (Å²) in [6.45, 7) is 2.04. The van der Waals surface area contributed by atoms with Gasteiger partial charge >= 0.3 is 0 Å². The number of hydrogen-bond acceptors (Lipinski definition) is 5. The Morgan fingerprint density at radius 1 is 0.974 bits per heavy atom. The maximum absolute atomic E-state index is 14.5. The van der Waals surface area contributed by atoms with Crippen molar-refractivity contribution in [3.8, 4) is 33.6 Å². The molecule has 0 atom stereocenters. The summed E-state index contributed by atoms with van der Waals surface area (Å²) >= 11 is 0. The molecule has 6 aromatic rings. The molecule has 0 saturated heterocycles. The molecule has 0 saturated carbocycles. The van der Waals surface area contributed by atoms with Gasteiger partial charge < -0.3 is 4.98 Å². The summed E-state index contributed by atoms with van der Waals surface area (Å²) in [6, 6.07) is 16.3. The molecule has 38 heavy (non-hydrogen) atoms. The zero-order valence-corrected chi connectivity index (χ0v) is 21.4. The Morgan fingerprint density at radius 2 is 1.84 bits per heavy atom. The summed E-state index contributed by atoms with van der Waals surface area (Å²) in [5.41, 5.74) is 8.10. The number of aryl methyl sites for hydroxylation is 1. The first kappa shape index (κ1) is 24.0. The highest BCUT2D eigenvalue weighted by atomic mass is 32.2. The van der Waals surface area contributed by atoms with Gasteiger partial charge in [0.15, 0.2) is 5.65 Å². The lowest BCUT2D eigenvalue weighted by atomic mass is 9.99. The second kappa shape index (κ2) is 9.16. The van der Waals surface area contributed by atoms with Crippen LogP contribution in [0.25, 0.3) is 55.6 Å². The molecule has 8 nitrogen and oxygen atoms in total. The van der Waals surface area contributed by atoms with Gasteiger partial charge in [0.2, 0.25) is 10.0 Å². The maximum atomic E-state index is 14.5. The molecule has 0 radical (unpaired) electrons. The number of rotatable bonds is 6. The Morgan fingerprint density at radius 3 is 2.66 bits per heavy atom. The van der Waals surface area contributed by atoms with Gasteiger partial charge in [-0.1, -0.05) is 12.1 Å². The molecule has 190 valence electrons. The standard InChI is InChI=1S/C28H23FN6O2S/c1-16-6-7-30-15-24(16)19-11-23-27(34-35-28(23)31-14-19)26-12-22-21(4-3-5-25(22)33-26)18-8-17(9-20(29)10-18)13-32-38(2,36)37/h3-12,14-15,32-33H,13H2,1-2H3,(H,31,34,35). The summed E-state index contributed by atoms with van der Waals surface area (Å²) in [5.74, 6) is -0.440. The van der Waals surface area contributed by atoms with Crippen LogP contribution in [0.3, 0.4) is 0 Å². The zero-order valence-electron chi connectivity index (χ0n) is 20.6. The van der Waals surface area contributed by atoms with Gasteiger partial charge in [-0.3, -0.25) is 10.1 Å². The number of aromatic nitrogens is 5. The third kappa shape index (κ3) is 4.55. The fraction of sp³-hybridized carbons (Fsp3) is 0.107. The van der Waals surface area contributed by atoms with Gasteiger partial charge in [-0.2, -0.15) is 5.10 Å². The molecule has 0 bridgehead atoms. The van der Waals surface area contributed by atoms with E-state index < -0.39 is 15.8 Å². The minimum Gasteiger partial charge on any atom is -0.353 e. The van der Waals surface area contributed by atoms with E-state index in [0.29, 0.717) is 16.8 Å². The van der Waals surface area contributed by atoms with E-state index >= 15 is 0 Å². The largest absolute Gasteiger partial charge is 0.353 e. The van der Waals surface area contributed by atoms with Crippen molar-refractivity contribution < 1.29 is 12.8 Å². The summed E-state index contributed by atoms with van der Waals surface area (Å²) in [5, 5.41) is 9.25. The van der Waals surface area contributed by atoms with Gasteiger partial charge in [-0.25, -0.2) is 22.5 Å². The number of sulfonamides is 1. The van der Waals surface area contributed by atoms with E-state index in [1.807, 2.05) is 49.5 Å². The highest BCUT2D eigenvalue weighted by Gasteiger charge is 2.16. The summed E-state index contributed by atoms with van der Waals surface area (Å²) in [4.78, 5) is 12.2. The van der Waals surface area contributed by atoms with E-state index in [1.165, 1.54) is 12.1 Å². The normalized spacial score (nSPS) is 12.0. The van der Waals surface area contributed by atoms with Gasteiger partial charge in [0.1, 0.15) is 5.82 Å². The van der Waals surface area contributed by atoms with Gasteiger partial charge in [0, 0.05) is 52.6 Å². The van der Waals surface area contributed by atoms with Crippen molar-refractivity contribution in [3.63, 3.8) is 0 Å². The first-order valence-corrected chi connectivity index (χ1v) is 13.8. The molecule has 0 aliphatic rings. The molecular weight excluding hydrogens is 503 g/mol. The lowest BCUT2D eigenvalue weighted by Crippen LogP contribution is -2.21. The molecule has 10 heteroatoms. The molecule has 4 aromatic heterocycles. The molecule has 6 rings (SSSR count).